The molecule has 1 amide bonds. The van der Waals surface area contributed by atoms with E-state index in [1.54, 1.807) is 11.3 Å². The molecule has 0 aliphatic heterocycles. The van der Waals surface area contributed by atoms with Crippen molar-refractivity contribution in [3.05, 3.63) is 5.01 Å². The number of aromatic nitrogens is 2. The molecule has 5 unspecified atom stereocenters. The molecule has 2 saturated carbocycles. The minimum absolute atomic E-state index is 0.113. The van der Waals surface area contributed by atoms with Gasteiger partial charge in [-0.3, -0.25) is 4.79 Å². The fourth-order valence-electron chi connectivity index (χ4n) is 3.89. The monoisotopic (exact) mass is 325 g/mol. The Bertz CT molecular complexity index is 519. The average molecular weight is 326 g/mol. The smallest absolute Gasteiger partial charge is 0.233 e. The number of rotatable bonds is 5. The Morgan fingerprint density at radius 2 is 2.14 bits per heavy atom. The van der Waals surface area contributed by atoms with E-state index in [0.29, 0.717) is 12.0 Å². The second kappa shape index (κ2) is 6.24. The van der Waals surface area contributed by atoms with Gasteiger partial charge in [0, 0.05) is 6.04 Å². The van der Waals surface area contributed by atoms with E-state index in [2.05, 4.69) is 22.4 Å². The highest BCUT2D eigenvalue weighted by atomic mass is 32.2. The Labute approximate surface area is 134 Å². The fraction of sp³-hybridized carbons (Fsp3) is 0.800. The van der Waals surface area contributed by atoms with Gasteiger partial charge in [-0.1, -0.05) is 29.5 Å². The number of hydrogen-bond acceptors (Lipinski definition) is 5. The number of nitrogens with zero attached hydrogens (tertiary/aromatic N) is 2. The molecule has 3 rings (SSSR count). The van der Waals surface area contributed by atoms with Crippen molar-refractivity contribution in [2.24, 2.45) is 17.8 Å². The SMILES string of the molecule is Cc1nnc(SC(C)C(=O)NC(C)C2CC3CCC2C3)s1. The van der Waals surface area contributed by atoms with Gasteiger partial charge in [0.2, 0.25) is 5.91 Å². The molecule has 0 saturated heterocycles. The lowest BCUT2D eigenvalue weighted by Crippen LogP contribution is -2.43. The number of fused-ring (bicyclic) bond motifs is 2. The van der Waals surface area contributed by atoms with Crippen LogP contribution in [0.1, 0.15) is 44.5 Å². The van der Waals surface area contributed by atoms with Gasteiger partial charge in [0.25, 0.3) is 0 Å². The maximum absolute atomic E-state index is 12.4. The summed E-state index contributed by atoms with van der Waals surface area (Å²) in [4.78, 5) is 12.4. The number of carbonyl (C=O) groups is 1. The average Bonchev–Trinajstić information content (AvgIpc) is 3.15. The van der Waals surface area contributed by atoms with Gasteiger partial charge in [0.05, 0.1) is 5.25 Å². The van der Waals surface area contributed by atoms with Crippen molar-refractivity contribution in [3.63, 3.8) is 0 Å². The molecule has 6 heteroatoms. The van der Waals surface area contributed by atoms with E-state index in [4.69, 9.17) is 0 Å². The van der Waals surface area contributed by atoms with Gasteiger partial charge in [-0.25, -0.2) is 0 Å². The molecule has 1 aromatic rings. The first kappa shape index (κ1) is 15.3. The summed E-state index contributed by atoms with van der Waals surface area (Å²) in [5.41, 5.74) is 0. The lowest BCUT2D eigenvalue weighted by molar-refractivity contribution is -0.121. The number of hydrogen-bond donors (Lipinski definition) is 1. The number of aryl methyl sites for hydroxylation is 1. The lowest BCUT2D eigenvalue weighted by Gasteiger charge is -2.29. The molecule has 2 aliphatic rings. The van der Waals surface area contributed by atoms with E-state index in [1.807, 2.05) is 13.8 Å². The van der Waals surface area contributed by atoms with Crippen LogP contribution < -0.4 is 5.32 Å². The number of carbonyl (C=O) groups excluding carboxylic acids is 1. The van der Waals surface area contributed by atoms with Crippen LogP contribution in [0, 0.1) is 24.7 Å². The zero-order chi connectivity index (χ0) is 15.0. The molecule has 21 heavy (non-hydrogen) atoms. The van der Waals surface area contributed by atoms with Gasteiger partial charge in [-0.2, -0.15) is 0 Å². The van der Waals surface area contributed by atoms with Crippen molar-refractivity contribution >= 4 is 29.0 Å². The zero-order valence-corrected chi connectivity index (χ0v) is 14.5. The largest absolute Gasteiger partial charge is 0.352 e. The Balaban J connectivity index is 1.51. The van der Waals surface area contributed by atoms with E-state index in [-0.39, 0.29) is 11.2 Å². The molecule has 4 nitrogen and oxygen atoms in total. The van der Waals surface area contributed by atoms with Gasteiger partial charge in [0.1, 0.15) is 5.01 Å². The summed E-state index contributed by atoms with van der Waals surface area (Å²) >= 11 is 3.05. The predicted octanol–water partition coefficient (Wildman–Crippen LogP) is 3.27. The van der Waals surface area contributed by atoms with Crippen LogP contribution in [0.25, 0.3) is 0 Å². The minimum atomic E-state index is -0.113. The first-order valence-electron chi connectivity index (χ1n) is 7.80. The van der Waals surface area contributed by atoms with Crippen LogP contribution in [-0.4, -0.2) is 27.4 Å². The molecule has 1 heterocycles. The first-order valence-corrected chi connectivity index (χ1v) is 9.49. The van der Waals surface area contributed by atoms with E-state index < -0.39 is 0 Å². The molecule has 2 aliphatic carbocycles. The summed E-state index contributed by atoms with van der Waals surface area (Å²) < 4.78 is 0.878. The number of nitrogens with one attached hydrogen (secondary N) is 1. The van der Waals surface area contributed by atoms with Gasteiger partial charge in [-0.15, -0.1) is 10.2 Å². The standard InChI is InChI=1S/C15H23N3OS2/c1-8(13-7-11-4-5-12(13)6-11)16-14(19)9(2)20-15-18-17-10(3)21-15/h8-9,11-13H,4-7H2,1-3H3,(H,16,19). The van der Waals surface area contributed by atoms with E-state index in [0.717, 1.165) is 21.2 Å². The second-order valence-electron chi connectivity index (χ2n) is 6.48. The normalized spacial score (nSPS) is 30.3. The van der Waals surface area contributed by atoms with Gasteiger partial charge >= 0.3 is 0 Å². The molecule has 0 aromatic carbocycles. The Morgan fingerprint density at radius 3 is 2.71 bits per heavy atom. The highest BCUT2D eigenvalue weighted by molar-refractivity contribution is 8.02. The van der Waals surface area contributed by atoms with E-state index in [1.165, 1.54) is 37.4 Å². The van der Waals surface area contributed by atoms with E-state index in [9.17, 15) is 4.79 Å². The Hall–Kier alpha value is -0.620. The topological polar surface area (TPSA) is 54.9 Å². The van der Waals surface area contributed by atoms with Gasteiger partial charge in [-0.05, 0) is 57.8 Å². The fourth-order valence-corrected chi connectivity index (χ4v) is 5.85. The van der Waals surface area contributed by atoms with Crippen LogP contribution in [0.5, 0.6) is 0 Å². The first-order chi connectivity index (χ1) is 10.0. The van der Waals surface area contributed by atoms with E-state index >= 15 is 0 Å². The van der Waals surface area contributed by atoms with Crippen LogP contribution >= 0.6 is 23.1 Å². The molecule has 0 radical (unpaired) electrons. The molecule has 2 bridgehead atoms. The summed E-state index contributed by atoms with van der Waals surface area (Å²) in [5, 5.41) is 12.1. The number of thioether (sulfide) groups is 1. The summed E-state index contributed by atoms with van der Waals surface area (Å²) in [7, 11) is 0. The van der Waals surface area contributed by atoms with Crippen molar-refractivity contribution in [1.82, 2.24) is 15.5 Å². The zero-order valence-electron chi connectivity index (χ0n) is 12.8. The third-order valence-corrected chi connectivity index (χ3v) is 6.98. The van der Waals surface area contributed by atoms with Crippen molar-refractivity contribution in [2.75, 3.05) is 0 Å². The highest BCUT2D eigenvalue weighted by Crippen LogP contribution is 2.49. The van der Waals surface area contributed by atoms with Crippen LogP contribution in [0.3, 0.4) is 0 Å². The maximum atomic E-state index is 12.4. The van der Waals surface area contributed by atoms with Gasteiger partial charge < -0.3 is 5.32 Å². The van der Waals surface area contributed by atoms with Gasteiger partial charge in [0.15, 0.2) is 4.34 Å². The predicted molar refractivity (Wildman–Crippen MR) is 86.5 cm³/mol. The van der Waals surface area contributed by atoms with Crippen LogP contribution in [0.4, 0.5) is 0 Å². The Morgan fingerprint density at radius 1 is 1.33 bits per heavy atom. The number of amides is 1. The van der Waals surface area contributed by atoms with Crippen molar-refractivity contribution < 1.29 is 4.79 Å². The van der Waals surface area contributed by atoms with Crippen LogP contribution in [-0.2, 0) is 4.79 Å². The Kier molecular flexibility index (Phi) is 4.54. The minimum Gasteiger partial charge on any atom is -0.352 e. The van der Waals surface area contributed by atoms with Crippen molar-refractivity contribution in [3.8, 4) is 0 Å². The summed E-state index contributed by atoms with van der Waals surface area (Å²) in [6.07, 6.45) is 5.47. The molecule has 0 spiro atoms. The molecular formula is C15H23N3OS2. The van der Waals surface area contributed by atoms with Crippen LogP contribution in [0.2, 0.25) is 0 Å². The summed E-state index contributed by atoms with van der Waals surface area (Å²) in [6, 6.07) is 0.298. The third kappa shape index (κ3) is 3.42. The quantitative estimate of drug-likeness (QED) is 0.844. The summed E-state index contributed by atoms with van der Waals surface area (Å²) in [5.74, 6) is 2.59. The molecule has 1 aromatic heterocycles. The molecule has 116 valence electrons. The lowest BCUT2D eigenvalue weighted by atomic mass is 9.84. The highest BCUT2D eigenvalue weighted by Gasteiger charge is 2.42. The molecule has 1 N–H and O–H groups in total. The molecular weight excluding hydrogens is 302 g/mol. The van der Waals surface area contributed by atoms with Crippen molar-refractivity contribution in [2.45, 2.75) is 62.1 Å². The summed E-state index contributed by atoms with van der Waals surface area (Å²) in [6.45, 7) is 6.06. The molecule has 2 fully saturated rings. The van der Waals surface area contributed by atoms with Crippen molar-refractivity contribution in [1.29, 1.82) is 0 Å². The second-order valence-corrected chi connectivity index (χ2v) is 9.25. The maximum Gasteiger partial charge on any atom is 0.233 e. The molecule has 5 atom stereocenters. The van der Waals surface area contributed by atoms with Crippen LogP contribution in [0.15, 0.2) is 4.34 Å². The third-order valence-electron chi connectivity index (χ3n) is 4.96.